The summed E-state index contributed by atoms with van der Waals surface area (Å²) in [5, 5.41) is 9.48. The fraction of sp³-hybridized carbons (Fsp3) is 0.611. The van der Waals surface area contributed by atoms with E-state index >= 15 is 0 Å². The Labute approximate surface area is 145 Å². The first-order valence-electron chi connectivity index (χ1n) is 8.46. The summed E-state index contributed by atoms with van der Waals surface area (Å²) in [7, 11) is 0. The molecule has 142 valence electrons. The molecule has 25 heavy (non-hydrogen) atoms. The minimum atomic E-state index is -4.75. The van der Waals surface area contributed by atoms with E-state index < -0.39 is 23.5 Å². The molecule has 1 aliphatic heterocycles. The number of carbonyl (C=O) groups is 1. The van der Waals surface area contributed by atoms with Crippen LogP contribution in [-0.2, 0) is 11.0 Å². The zero-order valence-corrected chi connectivity index (χ0v) is 14.7. The van der Waals surface area contributed by atoms with Crippen molar-refractivity contribution in [3.8, 4) is 0 Å². The second-order valence-electron chi connectivity index (χ2n) is 5.93. The third-order valence-electron chi connectivity index (χ3n) is 4.19. The van der Waals surface area contributed by atoms with Crippen molar-refractivity contribution >= 4 is 5.78 Å². The van der Waals surface area contributed by atoms with Gasteiger partial charge in [0.05, 0.1) is 17.6 Å². The van der Waals surface area contributed by atoms with Crippen LogP contribution in [0.2, 0.25) is 0 Å². The molecule has 1 heterocycles. The van der Waals surface area contributed by atoms with E-state index in [4.69, 9.17) is 0 Å². The molecular weight excluding hydrogens is 338 g/mol. The molecule has 1 aliphatic rings. The highest BCUT2D eigenvalue weighted by atomic mass is 19.4. The standard InChI is InChI=1S/C16H19F4NO2.C2H6/c1-10(22)13(9-21-6-4-12(23)5-7-21)11-2-3-14(15(17)8-11)16(18,19)20;1-2/h2-3,8,12-13,23H,4-7,9H2,1H3;1-2H3. The molecule has 1 saturated heterocycles. The van der Waals surface area contributed by atoms with Gasteiger partial charge in [-0.05, 0) is 37.5 Å². The monoisotopic (exact) mass is 363 g/mol. The highest BCUT2D eigenvalue weighted by molar-refractivity contribution is 5.83. The van der Waals surface area contributed by atoms with E-state index in [1.807, 2.05) is 18.7 Å². The highest BCUT2D eigenvalue weighted by Crippen LogP contribution is 2.33. The third-order valence-corrected chi connectivity index (χ3v) is 4.19. The van der Waals surface area contributed by atoms with Crippen molar-refractivity contribution < 1.29 is 27.5 Å². The van der Waals surface area contributed by atoms with Crippen LogP contribution in [0.5, 0.6) is 0 Å². The van der Waals surface area contributed by atoms with Crippen LogP contribution in [0.15, 0.2) is 18.2 Å². The number of carbonyl (C=O) groups excluding carboxylic acids is 1. The van der Waals surface area contributed by atoms with Crippen LogP contribution in [0.25, 0.3) is 0 Å². The number of aliphatic hydroxyl groups excluding tert-OH is 1. The lowest BCUT2D eigenvalue weighted by molar-refractivity contribution is -0.140. The molecule has 1 aromatic carbocycles. The Kier molecular flexibility index (Phi) is 8.02. The van der Waals surface area contributed by atoms with Gasteiger partial charge in [-0.15, -0.1) is 0 Å². The first kappa shape index (κ1) is 21.6. The molecule has 0 spiro atoms. The molecule has 1 fully saturated rings. The molecule has 1 unspecified atom stereocenters. The van der Waals surface area contributed by atoms with Gasteiger partial charge < -0.3 is 10.0 Å². The Morgan fingerprint density at radius 2 is 1.84 bits per heavy atom. The summed E-state index contributed by atoms with van der Waals surface area (Å²) >= 11 is 0. The van der Waals surface area contributed by atoms with Crippen molar-refractivity contribution in [2.75, 3.05) is 19.6 Å². The van der Waals surface area contributed by atoms with E-state index in [2.05, 4.69) is 0 Å². The highest BCUT2D eigenvalue weighted by Gasteiger charge is 2.34. The van der Waals surface area contributed by atoms with Crippen molar-refractivity contribution in [2.45, 2.75) is 51.8 Å². The average Bonchev–Trinajstić information content (AvgIpc) is 2.54. The van der Waals surface area contributed by atoms with Gasteiger partial charge in [-0.3, -0.25) is 4.79 Å². The fourth-order valence-corrected chi connectivity index (χ4v) is 2.81. The summed E-state index contributed by atoms with van der Waals surface area (Å²) < 4.78 is 51.6. The van der Waals surface area contributed by atoms with Gasteiger partial charge in [-0.2, -0.15) is 13.2 Å². The Morgan fingerprint density at radius 1 is 1.28 bits per heavy atom. The number of rotatable bonds is 4. The zero-order chi connectivity index (χ0) is 19.2. The van der Waals surface area contributed by atoms with E-state index in [1.165, 1.54) is 6.92 Å². The van der Waals surface area contributed by atoms with Crippen LogP contribution >= 0.6 is 0 Å². The quantitative estimate of drug-likeness (QED) is 0.822. The molecule has 0 radical (unpaired) electrons. The zero-order valence-electron chi connectivity index (χ0n) is 14.7. The van der Waals surface area contributed by atoms with Crippen molar-refractivity contribution in [2.24, 2.45) is 0 Å². The van der Waals surface area contributed by atoms with Crippen LogP contribution in [0.1, 0.15) is 50.7 Å². The minimum absolute atomic E-state index is 0.227. The summed E-state index contributed by atoms with van der Waals surface area (Å²) in [6.07, 6.45) is -3.93. The molecule has 0 aliphatic carbocycles. The summed E-state index contributed by atoms with van der Waals surface area (Å²) in [4.78, 5) is 13.8. The predicted octanol–water partition coefficient (Wildman–Crippen LogP) is 4.00. The maximum absolute atomic E-state index is 13.7. The number of likely N-dealkylation sites (tertiary alicyclic amines) is 1. The smallest absolute Gasteiger partial charge is 0.393 e. The molecule has 1 atom stereocenters. The van der Waals surface area contributed by atoms with Crippen molar-refractivity contribution in [1.29, 1.82) is 0 Å². The number of benzene rings is 1. The second-order valence-corrected chi connectivity index (χ2v) is 5.93. The average molecular weight is 363 g/mol. The molecule has 1 aromatic rings. The SMILES string of the molecule is CC.CC(=O)C(CN1CCC(O)CC1)c1ccc(C(F)(F)F)c(F)c1. The topological polar surface area (TPSA) is 40.5 Å². The first-order valence-corrected chi connectivity index (χ1v) is 8.46. The second kappa shape index (κ2) is 9.29. The van der Waals surface area contributed by atoms with Crippen molar-refractivity contribution in [3.05, 3.63) is 35.1 Å². The summed E-state index contributed by atoms with van der Waals surface area (Å²) in [6, 6.07) is 2.64. The number of alkyl halides is 3. The lowest BCUT2D eigenvalue weighted by Gasteiger charge is -2.32. The number of nitrogens with zero attached hydrogens (tertiary/aromatic N) is 1. The van der Waals surface area contributed by atoms with Gasteiger partial charge >= 0.3 is 6.18 Å². The molecule has 0 aromatic heterocycles. The number of aliphatic hydroxyl groups is 1. The fourth-order valence-electron chi connectivity index (χ4n) is 2.81. The molecule has 3 nitrogen and oxygen atoms in total. The Balaban J connectivity index is 0.00000151. The number of piperidine rings is 1. The van der Waals surface area contributed by atoms with Gasteiger partial charge in [-0.1, -0.05) is 19.9 Å². The maximum atomic E-state index is 13.7. The van der Waals surface area contributed by atoms with E-state index in [1.54, 1.807) is 0 Å². The van der Waals surface area contributed by atoms with Gasteiger partial charge in [0.15, 0.2) is 0 Å². The molecule has 2 rings (SSSR count). The summed E-state index contributed by atoms with van der Waals surface area (Å²) in [5.41, 5.74) is -1.08. The van der Waals surface area contributed by atoms with Crippen molar-refractivity contribution in [1.82, 2.24) is 4.90 Å². The van der Waals surface area contributed by atoms with Gasteiger partial charge in [0.25, 0.3) is 0 Å². The van der Waals surface area contributed by atoms with E-state index in [9.17, 15) is 27.5 Å². The predicted molar refractivity (Wildman–Crippen MR) is 87.9 cm³/mol. The van der Waals surface area contributed by atoms with Crippen LogP contribution in [0.4, 0.5) is 17.6 Å². The van der Waals surface area contributed by atoms with E-state index in [0.717, 1.165) is 12.1 Å². The van der Waals surface area contributed by atoms with Crippen LogP contribution in [0.3, 0.4) is 0 Å². The summed E-state index contributed by atoms with van der Waals surface area (Å²) in [5.74, 6) is -2.27. The first-order chi connectivity index (χ1) is 11.7. The number of hydrogen-bond donors (Lipinski definition) is 1. The van der Waals surface area contributed by atoms with Gasteiger partial charge in [0, 0.05) is 19.6 Å². The molecular formula is C18H25F4NO2. The Hall–Kier alpha value is -1.47. The van der Waals surface area contributed by atoms with E-state index in [-0.39, 0.29) is 17.5 Å². The number of Topliss-reactive ketones (excluding diaryl/α,β-unsaturated/α-hetero) is 1. The molecule has 0 bridgehead atoms. The largest absolute Gasteiger partial charge is 0.419 e. The van der Waals surface area contributed by atoms with Gasteiger partial charge in [0.2, 0.25) is 0 Å². The van der Waals surface area contributed by atoms with Crippen LogP contribution < -0.4 is 0 Å². The van der Waals surface area contributed by atoms with Crippen LogP contribution in [-0.4, -0.2) is 41.5 Å². The molecule has 0 saturated carbocycles. The van der Waals surface area contributed by atoms with Crippen molar-refractivity contribution in [3.63, 3.8) is 0 Å². The Bertz CT molecular complexity index is 567. The molecule has 7 heteroatoms. The van der Waals surface area contributed by atoms with Crippen LogP contribution in [0, 0.1) is 5.82 Å². The lowest BCUT2D eigenvalue weighted by Crippen LogP contribution is -2.39. The Morgan fingerprint density at radius 3 is 2.28 bits per heavy atom. The van der Waals surface area contributed by atoms with Gasteiger partial charge in [0.1, 0.15) is 11.6 Å². The molecule has 1 N–H and O–H groups in total. The van der Waals surface area contributed by atoms with Gasteiger partial charge in [-0.25, -0.2) is 4.39 Å². The number of halogens is 4. The minimum Gasteiger partial charge on any atom is -0.393 e. The summed E-state index contributed by atoms with van der Waals surface area (Å²) in [6.45, 7) is 6.87. The number of ketones is 1. The lowest BCUT2D eigenvalue weighted by atomic mass is 9.92. The molecule has 0 amide bonds. The number of hydrogen-bond acceptors (Lipinski definition) is 3. The third kappa shape index (κ3) is 6.08. The normalized spacial score (nSPS) is 17.6. The van der Waals surface area contributed by atoms with E-state index in [0.29, 0.717) is 38.5 Å². The maximum Gasteiger partial charge on any atom is 0.419 e.